The van der Waals surface area contributed by atoms with Crippen LogP contribution in [0.5, 0.6) is 0 Å². The molecule has 2 atom stereocenters. The molecule has 1 N–H and O–H groups in total. The van der Waals surface area contributed by atoms with Gasteiger partial charge in [-0.15, -0.1) is 0 Å². The maximum atomic E-state index is 12.9. The van der Waals surface area contributed by atoms with Gasteiger partial charge in [0.2, 0.25) is 5.95 Å². The third-order valence-corrected chi connectivity index (χ3v) is 4.04. The number of rotatable bonds is 3. The van der Waals surface area contributed by atoms with Crippen LogP contribution in [0.1, 0.15) is 38.3 Å². The topological polar surface area (TPSA) is 41.1 Å². The van der Waals surface area contributed by atoms with Gasteiger partial charge in [-0.25, -0.2) is 4.98 Å². The zero-order valence-corrected chi connectivity index (χ0v) is 12.5. The maximum Gasteiger partial charge on any atom is 0.433 e. The molecule has 4 nitrogen and oxygen atoms in total. The van der Waals surface area contributed by atoms with Gasteiger partial charge in [0.15, 0.2) is 5.69 Å². The molecule has 1 aliphatic rings. The summed E-state index contributed by atoms with van der Waals surface area (Å²) in [6, 6.07) is 1.26. The molecule has 2 rings (SSSR count). The highest BCUT2D eigenvalue weighted by molar-refractivity contribution is 5.45. The maximum absolute atomic E-state index is 12.9. The smallest absolute Gasteiger partial charge is 0.357 e. The number of aromatic nitrogens is 2. The first-order valence-corrected chi connectivity index (χ1v) is 7.18. The van der Waals surface area contributed by atoms with Crippen molar-refractivity contribution in [1.29, 1.82) is 0 Å². The van der Waals surface area contributed by atoms with Crippen LogP contribution in [0.25, 0.3) is 0 Å². The molecular formula is C14H21F3N4. The monoisotopic (exact) mass is 302 g/mol. The minimum atomic E-state index is -4.47. The first-order valence-electron chi connectivity index (χ1n) is 7.18. The van der Waals surface area contributed by atoms with Crippen LogP contribution in [-0.4, -0.2) is 30.1 Å². The summed E-state index contributed by atoms with van der Waals surface area (Å²) in [7, 11) is 3.33. The normalized spacial score (nSPS) is 23.0. The molecule has 1 heterocycles. The van der Waals surface area contributed by atoms with Gasteiger partial charge in [-0.05, 0) is 18.8 Å². The lowest BCUT2D eigenvalue weighted by Crippen LogP contribution is -2.36. The van der Waals surface area contributed by atoms with Crippen molar-refractivity contribution >= 4 is 11.8 Å². The largest absolute Gasteiger partial charge is 0.433 e. The van der Waals surface area contributed by atoms with E-state index < -0.39 is 11.9 Å². The molecule has 0 aliphatic heterocycles. The second kappa shape index (κ2) is 6.07. The van der Waals surface area contributed by atoms with Crippen LogP contribution in [0, 0.1) is 5.92 Å². The van der Waals surface area contributed by atoms with Crippen molar-refractivity contribution in [2.75, 3.05) is 24.3 Å². The van der Waals surface area contributed by atoms with E-state index in [-0.39, 0.29) is 12.0 Å². The third kappa shape index (κ3) is 3.77. The molecule has 118 valence electrons. The number of nitrogens with zero attached hydrogens (tertiary/aromatic N) is 3. The summed E-state index contributed by atoms with van der Waals surface area (Å²) in [4.78, 5) is 9.52. The van der Waals surface area contributed by atoms with Gasteiger partial charge in [0.25, 0.3) is 0 Å². The van der Waals surface area contributed by atoms with Gasteiger partial charge in [0.1, 0.15) is 5.82 Å². The lowest BCUT2D eigenvalue weighted by Gasteiger charge is -2.35. The Labute approximate surface area is 122 Å². The average molecular weight is 302 g/mol. The predicted molar refractivity (Wildman–Crippen MR) is 76.4 cm³/mol. The summed E-state index contributed by atoms with van der Waals surface area (Å²) in [5.74, 6) is 0.912. The van der Waals surface area contributed by atoms with Crippen molar-refractivity contribution < 1.29 is 13.2 Å². The molecule has 0 amide bonds. The summed E-state index contributed by atoms with van der Waals surface area (Å²) in [6.07, 6.45) is -0.211. The van der Waals surface area contributed by atoms with E-state index in [1.165, 1.54) is 13.5 Å². The van der Waals surface area contributed by atoms with Gasteiger partial charge in [-0.1, -0.05) is 19.8 Å². The van der Waals surface area contributed by atoms with E-state index in [1.54, 1.807) is 0 Å². The van der Waals surface area contributed by atoms with Crippen molar-refractivity contribution in [3.63, 3.8) is 0 Å². The van der Waals surface area contributed by atoms with Crippen molar-refractivity contribution in [2.45, 2.75) is 44.8 Å². The summed E-state index contributed by atoms with van der Waals surface area (Å²) < 4.78 is 38.7. The Bertz CT molecular complexity index is 490. The molecule has 1 aromatic heterocycles. The van der Waals surface area contributed by atoms with Crippen molar-refractivity contribution in [1.82, 2.24) is 9.97 Å². The minimum Gasteiger partial charge on any atom is -0.357 e. The molecule has 0 bridgehead atoms. The van der Waals surface area contributed by atoms with Crippen LogP contribution in [0.3, 0.4) is 0 Å². The molecule has 1 saturated carbocycles. The number of alkyl halides is 3. The Morgan fingerprint density at radius 2 is 2.00 bits per heavy atom. The molecule has 1 aromatic rings. The predicted octanol–water partition coefficient (Wildman–Crippen LogP) is 3.55. The van der Waals surface area contributed by atoms with E-state index in [0.717, 1.165) is 25.3 Å². The van der Waals surface area contributed by atoms with Gasteiger partial charge in [-0.3, -0.25) is 0 Å². The van der Waals surface area contributed by atoms with Crippen LogP contribution in [0.4, 0.5) is 24.9 Å². The number of anilines is 2. The summed E-state index contributed by atoms with van der Waals surface area (Å²) in [5.41, 5.74) is -0.910. The first-order chi connectivity index (χ1) is 9.81. The quantitative estimate of drug-likeness (QED) is 0.927. The Kier molecular flexibility index (Phi) is 4.58. The standard InChI is InChI=1S/C14H21F3N4/c1-9-5-4-6-10(7-9)21(3)12-8-11(14(15,16)17)19-13(18-2)20-12/h8-10H,4-7H2,1-3H3,(H,18,19,20). The van der Waals surface area contributed by atoms with Crippen LogP contribution in [0.15, 0.2) is 6.07 Å². The highest BCUT2D eigenvalue weighted by Gasteiger charge is 2.34. The number of hydrogen-bond acceptors (Lipinski definition) is 4. The zero-order valence-electron chi connectivity index (χ0n) is 12.5. The van der Waals surface area contributed by atoms with E-state index in [1.807, 2.05) is 11.9 Å². The summed E-state index contributed by atoms with van der Waals surface area (Å²) >= 11 is 0. The van der Waals surface area contributed by atoms with Gasteiger partial charge < -0.3 is 10.2 Å². The first kappa shape index (κ1) is 15.9. The average Bonchev–Trinajstić information content (AvgIpc) is 2.45. The molecule has 0 spiro atoms. The molecule has 0 aromatic carbocycles. The van der Waals surface area contributed by atoms with Crippen LogP contribution in [0.2, 0.25) is 0 Å². The van der Waals surface area contributed by atoms with Crippen molar-refractivity contribution in [3.8, 4) is 0 Å². The highest BCUT2D eigenvalue weighted by Crippen LogP contribution is 2.33. The third-order valence-electron chi connectivity index (χ3n) is 4.04. The number of hydrogen-bond donors (Lipinski definition) is 1. The molecule has 1 aliphatic carbocycles. The Morgan fingerprint density at radius 3 is 2.57 bits per heavy atom. The van der Waals surface area contributed by atoms with Crippen LogP contribution < -0.4 is 10.2 Å². The van der Waals surface area contributed by atoms with E-state index in [0.29, 0.717) is 11.7 Å². The molecular weight excluding hydrogens is 281 g/mol. The Morgan fingerprint density at radius 1 is 1.29 bits per heavy atom. The van der Waals surface area contributed by atoms with E-state index in [2.05, 4.69) is 22.2 Å². The minimum absolute atomic E-state index is 0.00414. The summed E-state index contributed by atoms with van der Waals surface area (Å²) in [6.45, 7) is 2.18. The summed E-state index contributed by atoms with van der Waals surface area (Å²) in [5, 5.41) is 2.60. The molecule has 0 radical (unpaired) electrons. The van der Waals surface area contributed by atoms with Crippen LogP contribution >= 0.6 is 0 Å². The van der Waals surface area contributed by atoms with Crippen LogP contribution in [-0.2, 0) is 6.18 Å². The van der Waals surface area contributed by atoms with E-state index in [4.69, 9.17) is 0 Å². The SMILES string of the molecule is CNc1nc(N(C)C2CCCC(C)C2)cc(C(F)(F)F)n1. The van der Waals surface area contributed by atoms with E-state index >= 15 is 0 Å². The molecule has 1 fully saturated rings. The van der Waals surface area contributed by atoms with Crippen molar-refractivity contribution in [2.24, 2.45) is 5.92 Å². The van der Waals surface area contributed by atoms with Gasteiger partial charge in [0.05, 0.1) is 0 Å². The van der Waals surface area contributed by atoms with Gasteiger partial charge >= 0.3 is 6.18 Å². The fraction of sp³-hybridized carbons (Fsp3) is 0.714. The molecule has 2 unspecified atom stereocenters. The van der Waals surface area contributed by atoms with Gasteiger partial charge in [-0.2, -0.15) is 18.2 Å². The second-order valence-electron chi connectivity index (χ2n) is 5.72. The van der Waals surface area contributed by atoms with E-state index in [9.17, 15) is 13.2 Å². The number of halogens is 3. The Hall–Kier alpha value is -1.53. The lowest BCUT2D eigenvalue weighted by molar-refractivity contribution is -0.141. The van der Waals surface area contributed by atoms with Crippen molar-refractivity contribution in [3.05, 3.63) is 11.8 Å². The lowest BCUT2D eigenvalue weighted by atomic mass is 9.86. The zero-order chi connectivity index (χ0) is 15.6. The molecule has 0 saturated heterocycles. The number of nitrogens with one attached hydrogen (secondary N) is 1. The fourth-order valence-electron chi connectivity index (χ4n) is 2.81. The Balaban J connectivity index is 2.29. The van der Waals surface area contributed by atoms with Gasteiger partial charge in [0, 0.05) is 26.2 Å². The highest BCUT2D eigenvalue weighted by atomic mass is 19.4. The molecule has 7 heteroatoms. The fourth-order valence-corrected chi connectivity index (χ4v) is 2.81. The second-order valence-corrected chi connectivity index (χ2v) is 5.72. The molecule has 21 heavy (non-hydrogen) atoms.